The third-order valence-electron chi connectivity index (χ3n) is 5.85. The molecule has 3 atom stereocenters. The lowest BCUT2D eigenvalue weighted by Crippen LogP contribution is -2.44. The van der Waals surface area contributed by atoms with Gasteiger partial charge >= 0.3 is 0 Å². The van der Waals surface area contributed by atoms with Gasteiger partial charge < -0.3 is 24.6 Å². The molecule has 0 saturated carbocycles. The second-order valence-corrected chi connectivity index (χ2v) is 7.26. The van der Waals surface area contributed by atoms with Gasteiger partial charge in [-0.25, -0.2) is 0 Å². The number of hydrogen-bond acceptors (Lipinski definition) is 6. The zero-order valence-electron chi connectivity index (χ0n) is 16.3. The number of benzene rings is 1. The van der Waals surface area contributed by atoms with E-state index >= 15 is 0 Å². The molecule has 4 rings (SSSR count). The number of ether oxygens (including phenoxy) is 3. The van der Waals surface area contributed by atoms with E-state index in [1.165, 1.54) is 28.3 Å². The number of allylic oxidation sites excluding steroid dienone is 3. The number of ketones is 1. The quantitative estimate of drug-likeness (QED) is 0.823. The summed E-state index contributed by atoms with van der Waals surface area (Å²) in [5.41, 5.74) is 3.59. The number of carbonyl (C=O) groups excluding carboxylic acids is 2. The van der Waals surface area contributed by atoms with Gasteiger partial charge in [0.05, 0.1) is 33.3 Å². The molecule has 2 N–H and O–H groups in total. The van der Waals surface area contributed by atoms with E-state index in [1.54, 1.807) is 6.07 Å². The van der Waals surface area contributed by atoms with Crippen LogP contribution in [-0.4, -0.2) is 44.2 Å². The molecule has 0 fully saturated rings. The highest BCUT2D eigenvalue weighted by molar-refractivity contribution is 6.08. The molecule has 0 aromatic heterocycles. The molecule has 7 heteroatoms. The minimum absolute atomic E-state index is 0.00437. The summed E-state index contributed by atoms with van der Waals surface area (Å²) in [5.74, 6) is 0.360. The van der Waals surface area contributed by atoms with Gasteiger partial charge in [0, 0.05) is 18.4 Å². The highest BCUT2D eigenvalue weighted by Crippen LogP contribution is 2.59. The first-order valence-electron chi connectivity index (χ1n) is 9.21. The molecule has 0 unspecified atom stereocenters. The second kappa shape index (κ2) is 6.58. The van der Waals surface area contributed by atoms with Crippen LogP contribution < -0.4 is 14.8 Å². The molecule has 0 radical (unpaired) electrons. The normalized spacial score (nSPS) is 24.9. The average molecular weight is 385 g/mol. The van der Waals surface area contributed by atoms with Crippen LogP contribution >= 0.6 is 0 Å². The first-order chi connectivity index (χ1) is 13.4. The van der Waals surface area contributed by atoms with Gasteiger partial charge in [-0.05, 0) is 41.7 Å². The Morgan fingerprint density at radius 1 is 1.18 bits per heavy atom. The van der Waals surface area contributed by atoms with Gasteiger partial charge in [0.15, 0.2) is 17.3 Å². The monoisotopic (exact) mass is 385 g/mol. The van der Waals surface area contributed by atoms with Crippen molar-refractivity contribution in [1.29, 1.82) is 0 Å². The number of rotatable bonds is 4. The van der Waals surface area contributed by atoms with Crippen LogP contribution in [0.1, 0.15) is 24.5 Å². The third kappa shape index (κ3) is 2.42. The highest BCUT2D eigenvalue weighted by Gasteiger charge is 2.54. The van der Waals surface area contributed by atoms with Gasteiger partial charge in [-0.1, -0.05) is 0 Å². The van der Waals surface area contributed by atoms with Gasteiger partial charge in [0.2, 0.25) is 17.4 Å². The second-order valence-electron chi connectivity index (χ2n) is 7.26. The van der Waals surface area contributed by atoms with Crippen LogP contribution in [0.2, 0.25) is 0 Å². The molecule has 0 spiro atoms. The van der Waals surface area contributed by atoms with Crippen molar-refractivity contribution in [2.24, 2.45) is 11.8 Å². The number of hydrogen-bond donors (Lipinski definition) is 2. The van der Waals surface area contributed by atoms with Crippen LogP contribution in [0.15, 0.2) is 23.5 Å². The number of Topliss-reactive ketones (excluding diaryl/α,β-unsaturated/α-hetero) is 1. The largest absolute Gasteiger partial charge is 0.504 e. The molecule has 0 bridgehead atoms. The van der Waals surface area contributed by atoms with Crippen LogP contribution in [0.4, 0.5) is 0 Å². The number of methoxy groups -OCH3 is 3. The predicted molar refractivity (Wildman–Crippen MR) is 101 cm³/mol. The minimum Gasteiger partial charge on any atom is -0.504 e. The molecule has 1 amide bonds. The fraction of sp³-hybridized carbons (Fsp3) is 0.429. The summed E-state index contributed by atoms with van der Waals surface area (Å²) < 4.78 is 16.3. The zero-order valence-corrected chi connectivity index (χ0v) is 16.3. The Morgan fingerprint density at radius 2 is 1.89 bits per heavy atom. The summed E-state index contributed by atoms with van der Waals surface area (Å²) in [5, 5.41) is 13.4. The highest BCUT2D eigenvalue weighted by atomic mass is 16.5. The Bertz CT molecular complexity index is 945. The van der Waals surface area contributed by atoms with Gasteiger partial charge in [-0.3, -0.25) is 9.59 Å². The molecule has 148 valence electrons. The summed E-state index contributed by atoms with van der Waals surface area (Å²) in [4.78, 5) is 24.6. The maximum absolute atomic E-state index is 12.8. The van der Waals surface area contributed by atoms with E-state index in [4.69, 9.17) is 14.2 Å². The molecule has 28 heavy (non-hydrogen) atoms. The fourth-order valence-electron chi connectivity index (χ4n) is 4.80. The summed E-state index contributed by atoms with van der Waals surface area (Å²) in [6, 6.07) is 1.43. The fourth-order valence-corrected chi connectivity index (χ4v) is 4.80. The molecule has 0 aliphatic heterocycles. The van der Waals surface area contributed by atoms with E-state index in [0.717, 1.165) is 22.3 Å². The Labute approximate surface area is 163 Å². The number of aryl methyl sites for hydroxylation is 1. The molecule has 3 aliphatic rings. The van der Waals surface area contributed by atoms with Crippen molar-refractivity contribution < 1.29 is 28.9 Å². The van der Waals surface area contributed by atoms with E-state index in [9.17, 15) is 14.7 Å². The van der Waals surface area contributed by atoms with Crippen LogP contribution in [0.3, 0.4) is 0 Å². The average Bonchev–Trinajstić information content (AvgIpc) is 2.84. The number of fused-ring (bicyclic) bond motifs is 5. The molecule has 0 saturated heterocycles. The van der Waals surface area contributed by atoms with Gasteiger partial charge in [-0.2, -0.15) is 0 Å². The van der Waals surface area contributed by atoms with Crippen LogP contribution in [0.25, 0.3) is 5.57 Å². The van der Waals surface area contributed by atoms with Crippen LogP contribution in [0.5, 0.6) is 17.2 Å². The van der Waals surface area contributed by atoms with Crippen molar-refractivity contribution >= 4 is 17.3 Å². The molecular formula is C21H23NO6. The van der Waals surface area contributed by atoms with Crippen molar-refractivity contribution in [3.8, 4) is 17.2 Å². The standard InChI is InChI=1S/C21H23NO6/c1-9(23)22-12-6-5-10-7-13(24)20(27-3)21(28-4)15(10)16-11-8-14(26-2)19(25)17(11)18(12)16/h7-8,11-12,17,24H,5-6H2,1-4H3,(H,22,23)/t11-,12-,17+/m1/s1. The molecular weight excluding hydrogens is 362 g/mol. The predicted octanol–water partition coefficient (Wildman–Crippen LogP) is 1.97. The maximum atomic E-state index is 12.8. The number of phenolic OH excluding ortho intramolecular Hbond substituents is 1. The first kappa shape index (κ1) is 18.4. The number of nitrogens with one attached hydrogen (secondary N) is 1. The molecule has 0 heterocycles. The summed E-state index contributed by atoms with van der Waals surface area (Å²) in [6.45, 7) is 1.47. The Balaban J connectivity index is 1.96. The Hall–Kier alpha value is -2.96. The third-order valence-corrected chi connectivity index (χ3v) is 5.85. The number of phenols is 1. The van der Waals surface area contributed by atoms with Gasteiger partial charge in [-0.15, -0.1) is 0 Å². The number of carbonyl (C=O) groups is 2. The number of amides is 1. The summed E-state index contributed by atoms with van der Waals surface area (Å²) in [7, 11) is 4.49. The van der Waals surface area contributed by atoms with E-state index in [0.29, 0.717) is 24.4 Å². The van der Waals surface area contributed by atoms with Crippen LogP contribution in [0, 0.1) is 11.8 Å². The van der Waals surface area contributed by atoms with Crippen molar-refractivity contribution in [1.82, 2.24) is 5.32 Å². The van der Waals surface area contributed by atoms with E-state index in [-0.39, 0.29) is 41.1 Å². The van der Waals surface area contributed by atoms with Crippen molar-refractivity contribution in [2.75, 3.05) is 21.3 Å². The van der Waals surface area contributed by atoms with Crippen LogP contribution in [-0.2, 0) is 20.7 Å². The van der Waals surface area contributed by atoms with Crippen molar-refractivity contribution in [3.63, 3.8) is 0 Å². The van der Waals surface area contributed by atoms with Crippen molar-refractivity contribution in [2.45, 2.75) is 25.8 Å². The SMILES string of the molecule is COC1=C[C@@H]2C3=C([C@H]2C1=O)[C@H](NC(C)=O)CCc1cc(O)c(OC)c(OC)c13. The lowest BCUT2D eigenvalue weighted by Gasteiger charge is -2.40. The molecule has 7 nitrogen and oxygen atoms in total. The zero-order chi connectivity index (χ0) is 20.2. The van der Waals surface area contributed by atoms with Gasteiger partial charge in [0.1, 0.15) is 0 Å². The molecule has 1 aromatic carbocycles. The lowest BCUT2D eigenvalue weighted by atomic mass is 9.64. The summed E-state index contributed by atoms with van der Waals surface area (Å²) >= 11 is 0. The van der Waals surface area contributed by atoms with E-state index in [1.807, 2.05) is 6.08 Å². The molecule has 1 aromatic rings. The maximum Gasteiger partial charge on any atom is 0.217 e. The van der Waals surface area contributed by atoms with Crippen molar-refractivity contribution in [3.05, 3.63) is 34.6 Å². The minimum atomic E-state index is -0.336. The lowest BCUT2D eigenvalue weighted by molar-refractivity contribution is -0.122. The Kier molecular flexibility index (Phi) is 4.33. The Morgan fingerprint density at radius 3 is 2.50 bits per heavy atom. The van der Waals surface area contributed by atoms with E-state index in [2.05, 4.69) is 5.32 Å². The first-order valence-corrected chi connectivity index (χ1v) is 9.21. The number of aromatic hydroxyl groups is 1. The topological polar surface area (TPSA) is 94.1 Å². The smallest absolute Gasteiger partial charge is 0.217 e. The summed E-state index contributed by atoms with van der Waals surface area (Å²) in [6.07, 6.45) is 3.08. The van der Waals surface area contributed by atoms with Gasteiger partial charge in [0.25, 0.3) is 0 Å². The van der Waals surface area contributed by atoms with E-state index < -0.39 is 0 Å². The molecule has 3 aliphatic carbocycles.